The molecule has 0 bridgehead atoms. The SMILES string of the molecule is COc1ccc(OC)c(CNC(=O)Cc2coc3cc(C)c(C)cc23)c1. The first-order valence-electron chi connectivity index (χ1n) is 8.46. The van der Waals surface area contributed by atoms with Crippen LogP contribution < -0.4 is 14.8 Å². The van der Waals surface area contributed by atoms with Crippen molar-refractivity contribution in [3.05, 3.63) is 58.8 Å². The van der Waals surface area contributed by atoms with Crippen LogP contribution in [-0.4, -0.2) is 20.1 Å². The van der Waals surface area contributed by atoms with E-state index in [1.807, 2.05) is 31.2 Å². The molecule has 5 nitrogen and oxygen atoms in total. The van der Waals surface area contributed by atoms with Gasteiger partial charge in [0.2, 0.25) is 5.91 Å². The molecule has 0 unspecified atom stereocenters. The van der Waals surface area contributed by atoms with Crippen molar-refractivity contribution < 1.29 is 18.7 Å². The van der Waals surface area contributed by atoms with Crippen molar-refractivity contribution in [3.8, 4) is 11.5 Å². The molecule has 0 spiro atoms. The second-order valence-corrected chi connectivity index (χ2v) is 6.32. The topological polar surface area (TPSA) is 60.7 Å². The highest BCUT2D eigenvalue weighted by Gasteiger charge is 2.13. The second-order valence-electron chi connectivity index (χ2n) is 6.32. The summed E-state index contributed by atoms with van der Waals surface area (Å²) >= 11 is 0. The number of aryl methyl sites for hydroxylation is 2. The minimum absolute atomic E-state index is 0.0733. The molecule has 0 aliphatic carbocycles. The molecule has 1 aromatic heterocycles. The summed E-state index contributed by atoms with van der Waals surface area (Å²) in [6.45, 7) is 4.47. The van der Waals surface area contributed by atoms with Gasteiger partial charge in [0.05, 0.1) is 26.9 Å². The molecule has 0 radical (unpaired) electrons. The summed E-state index contributed by atoms with van der Waals surface area (Å²) in [6.07, 6.45) is 1.93. The Morgan fingerprint density at radius 3 is 2.54 bits per heavy atom. The van der Waals surface area contributed by atoms with Crippen LogP contribution in [0, 0.1) is 13.8 Å². The van der Waals surface area contributed by atoms with Gasteiger partial charge in [-0.2, -0.15) is 0 Å². The molecule has 0 saturated heterocycles. The number of ether oxygens (including phenoxy) is 2. The number of hydrogen-bond donors (Lipinski definition) is 1. The van der Waals surface area contributed by atoms with E-state index in [4.69, 9.17) is 13.9 Å². The molecule has 3 rings (SSSR count). The zero-order chi connectivity index (χ0) is 18.7. The number of benzene rings is 2. The predicted octanol–water partition coefficient (Wildman–Crippen LogP) is 3.93. The first-order chi connectivity index (χ1) is 12.5. The van der Waals surface area contributed by atoms with Gasteiger partial charge in [-0.1, -0.05) is 0 Å². The van der Waals surface area contributed by atoms with Gasteiger partial charge in [0.1, 0.15) is 17.1 Å². The Bertz CT molecular complexity index is 943. The highest BCUT2D eigenvalue weighted by Crippen LogP contribution is 2.26. The third kappa shape index (κ3) is 3.67. The van der Waals surface area contributed by atoms with Crippen LogP contribution in [0.15, 0.2) is 41.0 Å². The fraction of sp³-hybridized carbons (Fsp3) is 0.286. The predicted molar refractivity (Wildman–Crippen MR) is 101 cm³/mol. The summed E-state index contributed by atoms with van der Waals surface area (Å²) in [4.78, 5) is 12.4. The Morgan fingerprint density at radius 2 is 1.81 bits per heavy atom. The van der Waals surface area contributed by atoms with Gasteiger partial charge >= 0.3 is 0 Å². The molecule has 1 N–H and O–H groups in total. The Morgan fingerprint density at radius 1 is 1.04 bits per heavy atom. The van der Waals surface area contributed by atoms with Gasteiger partial charge in [0.25, 0.3) is 0 Å². The number of fused-ring (bicyclic) bond motifs is 1. The number of carbonyl (C=O) groups excluding carboxylic acids is 1. The highest BCUT2D eigenvalue weighted by atomic mass is 16.5. The van der Waals surface area contributed by atoms with E-state index in [-0.39, 0.29) is 12.3 Å². The maximum atomic E-state index is 12.4. The number of amides is 1. The van der Waals surface area contributed by atoms with Crippen LogP contribution in [-0.2, 0) is 17.8 Å². The lowest BCUT2D eigenvalue weighted by Gasteiger charge is -2.11. The molecule has 0 aliphatic heterocycles. The first kappa shape index (κ1) is 17.9. The Labute approximate surface area is 152 Å². The molecular weight excluding hydrogens is 330 g/mol. The molecular formula is C21H23NO4. The van der Waals surface area contributed by atoms with Gasteiger partial charge in [-0.05, 0) is 55.3 Å². The van der Waals surface area contributed by atoms with Gasteiger partial charge < -0.3 is 19.2 Å². The average Bonchev–Trinajstić information content (AvgIpc) is 3.01. The smallest absolute Gasteiger partial charge is 0.224 e. The molecule has 1 amide bonds. The van der Waals surface area contributed by atoms with Gasteiger partial charge in [-0.25, -0.2) is 0 Å². The van der Waals surface area contributed by atoms with Gasteiger partial charge in [-0.15, -0.1) is 0 Å². The van der Waals surface area contributed by atoms with Crippen LogP contribution in [0.4, 0.5) is 0 Å². The lowest BCUT2D eigenvalue weighted by atomic mass is 10.0. The molecule has 26 heavy (non-hydrogen) atoms. The van der Waals surface area contributed by atoms with Crippen LogP contribution in [0.5, 0.6) is 11.5 Å². The molecule has 5 heteroatoms. The summed E-state index contributed by atoms with van der Waals surface area (Å²) in [6, 6.07) is 9.59. The first-order valence-corrected chi connectivity index (χ1v) is 8.46. The monoisotopic (exact) mass is 353 g/mol. The lowest BCUT2D eigenvalue weighted by Crippen LogP contribution is -2.24. The minimum Gasteiger partial charge on any atom is -0.497 e. The number of hydrogen-bond acceptors (Lipinski definition) is 4. The van der Waals surface area contributed by atoms with E-state index < -0.39 is 0 Å². The summed E-state index contributed by atoms with van der Waals surface area (Å²) < 4.78 is 16.2. The lowest BCUT2D eigenvalue weighted by molar-refractivity contribution is -0.120. The van der Waals surface area contributed by atoms with Crippen molar-refractivity contribution in [1.82, 2.24) is 5.32 Å². The summed E-state index contributed by atoms with van der Waals surface area (Å²) in [7, 11) is 3.22. The number of carbonyl (C=O) groups is 1. The number of furan rings is 1. The van der Waals surface area contributed by atoms with E-state index in [0.717, 1.165) is 27.8 Å². The van der Waals surface area contributed by atoms with E-state index in [1.165, 1.54) is 11.1 Å². The largest absolute Gasteiger partial charge is 0.497 e. The molecule has 2 aromatic carbocycles. The van der Waals surface area contributed by atoms with Crippen LogP contribution in [0.2, 0.25) is 0 Å². The maximum absolute atomic E-state index is 12.4. The van der Waals surface area contributed by atoms with Crippen molar-refractivity contribution in [1.29, 1.82) is 0 Å². The van der Waals surface area contributed by atoms with Gasteiger partial charge in [0.15, 0.2) is 0 Å². The number of nitrogens with one attached hydrogen (secondary N) is 1. The molecule has 0 aliphatic rings. The van der Waals surface area contributed by atoms with E-state index >= 15 is 0 Å². The summed E-state index contributed by atoms with van der Waals surface area (Å²) in [5.41, 5.74) is 4.92. The minimum atomic E-state index is -0.0733. The summed E-state index contributed by atoms with van der Waals surface area (Å²) in [5.74, 6) is 1.36. The quantitative estimate of drug-likeness (QED) is 0.729. The molecule has 3 aromatic rings. The van der Waals surface area contributed by atoms with Crippen LogP contribution in [0.25, 0.3) is 11.0 Å². The van der Waals surface area contributed by atoms with Crippen LogP contribution in [0.3, 0.4) is 0 Å². The highest BCUT2D eigenvalue weighted by molar-refractivity contribution is 5.88. The fourth-order valence-corrected chi connectivity index (χ4v) is 2.92. The second kappa shape index (κ2) is 7.52. The molecule has 0 saturated carbocycles. The maximum Gasteiger partial charge on any atom is 0.224 e. The van der Waals surface area contributed by atoms with E-state index in [0.29, 0.717) is 12.3 Å². The normalized spacial score (nSPS) is 10.8. The number of methoxy groups -OCH3 is 2. The zero-order valence-electron chi connectivity index (χ0n) is 15.5. The standard InChI is InChI=1S/C21H23NO4/c1-13-7-18-16(12-26-20(18)8-14(13)2)10-21(23)22-11-15-9-17(24-3)5-6-19(15)25-4/h5-9,12H,10-11H2,1-4H3,(H,22,23). The third-order valence-corrected chi connectivity index (χ3v) is 4.58. The Hall–Kier alpha value is -2.95. The van der Waals surface area contributed by atoms with E-state index in [2.05, 4.69) is 18.3 Å². The molecule has 0 atom stereocenters. The van der Waals surface area contributed by atoms with Crippen molar-refractivity contribution in [2.75, 3.05) is 14.2 Å². The van der Waals surface area contributed by atoms with Crippen molar-refractivity contribution >= 4 is 16.9 Å². The van der Waals surface area contributed by atoms with Crippen molar-refractivity contribution in [2.45, 2.75) is 26.8 Å². The molecule has 0 fully saturated rings. The van der Waals surface area contributed by atoms with Crippen LogP contribution in [0.1, 0.15) is 22.3 Å². The Kier molecular flexibility index (Phi) is 5.16. The zero-order valence-corrected chi connectivity index (χ0v) is 15.5. The van der Waals surface area contributed by atoms with E-state index in [1.54, 1.807) is 20.5 Å². The van der Waals surface area contributed by atoms with Crippen molar-refractivity contribution in [2.24, 2.45) is 0 Å². The summed E-state index contributed by atoms with van der Waals surface area (Å²) in [5, 5.41) is 3.93. The molecule has 136 valence electrons. The fourth-order valence-electron chi connectivity index (χ4n) is 2.92. The third-order valence-electron chi connectivity index (χ3n) is 4.58. The van der Waals surface area contributed by atoms with Crippen LogP contribution >= 0.6 is 0 Å². The van der Waals surface area contributed by atoms with Gasteiger partial charge in [0, 0.05) is 23.1 Å². The van der Waals surface area contributed by atoms with E-state index in [9.17, 15) is 4.79 Å². The molecule has 1 heterocycles. The van der Waals surface area contributed by atoms with Crippen molar-refractivity contribution in [3.63, 3.8) is 0 Å². The Balaban J connectivity index is 1.71. The average molecular weight is 353 g/mol. The number of rotatable bonds is 6. The van der Waals surface area contributed by atoms with Gasteiger partial charge in [-0.3, -0.25) is 4.79 Å².